The Labute approximate surface area is 214 Å². The maximum Gasteiger partial charge on any atom is 0.247 e. The molecule has 1 fully saturated rings. The molecule has 0 atom stereocenters. The lowest BCUT2D eigenvalue weighted by Gasteiger charge is -2.15. The van der Waals surface area contributed by atoms with Crippen molar-refractivity contribution in [3.8, 4) is 22.6 Å². The molecular weight excluding hydrogens is 485 g/mol. The van der Waals surface area contributed by atoms with Crippen LogP contribution in [0.1, 0.15) is 12.8 Å². The van der Waals surface area contributed by atoms with E-state index in [-0.39, 0.29) is 0 Å². The summed E-state index contributed by atoms with van der Waals surface area (Å²) in [6.07, 6.45) is 2.58. The topological polar surface area (TPSA) is 72.4 Å². The second kappa shape index (κ2) is 10.6. The Kier molecular flexibility index (Phi) is 7.18. The molecule has 0 spiro atoms. The van der Waals surface area contributed by atoms with E-state index in [9.17, 15) is 0 Å². The Hall–Kier alpha value is -3.13. The summed E-state index contributed by atoms with van der Waals surface area (Å²) in [5, 5.41) is 12.8. The number of ether oxygens (including phenoxy) is 2. The zero-order valence-corrected chi connectivity index (χ0v) is 20.8. The van der Waals surface area contributed by atoms with Crippen LogP contribution >= 0.6 is 23.2 Å². The molecule has 1 saturated heterocycles. The minimum atomic E-state index is 0.378. The van der Waals surface area contributed by atoms with Crippen molar-refractivity contribution in [3.05, 3.63) is 64.6 Å². The van der Waals surface area contributed by atoms with Gasteiger partial charge in [0.2, 0.25) is 5.95 Å². The van der Waals surface area contributed by atoms with Crippen molar-refractivity contribution >= 4 is 45.9 Å². The van der Waals surface area contributed by atoms with Crippen molar-refractivity contribution in [3.63, 3.8) is 0 Å². The molecule has 0 saturated carbocycles. The van der Waals surface area contributed by atoms with Crippen LogP contribution in [-0.4, -0.2) is 53.4 Å². The summed E-state index contributed by atoms with van der Waals surface area (Å²) >= 11 is 13.0. The summed E-state index contributed by atoms with van der Waals surface area (Å²) in [5.74, 6) is 1.90. The highest BCUT2D eigenvalue weighted by Crippen LogP contribution is 2.37. The maximum atomic E-state index is 6.59. The maximum absolute atomic E-state index is 6.59. The minimum Gasteiger partial charge on any atom is -0.497 e. The Morgan fingerprint density at radius 1 is 0.857 bits per heavy atom. The Morgan fingerprint density at radius 3 is 2.37 bits per heavy atom. The van der Waals surface area contributed by atoms with Gasteiger partial charge in [-0.3, -0.25) is 4.90 Å². The first-order valence-electron chi connectivity index (χ1n) is 11.5. The molecule has 3 aromatic carbocycles. The third-order valence-corrected chi connectivity index (χ3v) is 6.63. The first kappa shape index (κ1) is 23.6. The SMILES string of the molecule is COc1ccc(Cl)c(-c2cc3nnc(Nc4ccc(OCCN5CCCC5)cc4)nc3cc2Cl)c1. The highest BCUT2D eigenvalue weighted by atomic mass is 35.5. The number of methoxy groups -OCH3 is 1. The molecule has 180 valence electrons. The summed E-state index contributed by atoms with van der Waals surface area (Å²) in [5.41, 5.74) is 3.56. The molecule has 0 radical (unpaired) electrons. The van der Waals surface area contributed by atoms with Crippen molar-refractivity contribution in [2.75, 3.05) is 38.7 Å². The summed E-state index contributed by atoms with van der Waals surface area (Å²) in [4.78, 5) is 7.01. The number of benzene rings is 3. The van der Waals surface area contributed by atoms with E-state index in [2.05, 4.69) is 25.4 Å². The fraction of sp³-hybridized carbons (Fsp3) is 0.269. The molecule has 0 aliphatic carbocycles. The van der Waals surface area contributed by atoms with Crippen LogP contribution in [0.5, 0.6) is 11.5 Å². The van der Waals surface area contributed by atoms with Crippen molar-refractivity contribution in [1.82, 2.24) is 20.1 Å². The van der Waals surface area contributed by atoms with E-state index in [1.807, 2.05) is 36.4 Å². The van der Waals surface area contributed by atoms with Gasteiger partial charge in [0.05, 0.1) is 17.6 Å². The first-order valence-corrected chi connectivity index (χ1v) is 12.2. The number of halogens is 2. The smallest absolute Gasteiger partial charge is 0.247 e. The fourth-order valence-corrected chi connectivity index (χ4v) is 4.60. The molecule has 5 rings (SSSR count). The number of likely N-dealkylation sites (tertiary alicyclic amines) is 1. The van der Waals surface area contributed by atoms with Gasteiger partial charge in [-0.2, -0.15) is 0 Å². The van der Waals surface area contributed by atoms with Crippen molar-refractivity contribution in [2.45, 2.75) is 12.8 Å². The summed E-state index contributed by atoms with van der Waals surface area (Å²) in [6.45, 7) is 4.00. The van der Waals surface area contributed by atoms with E-state index in [4.69, 9.17) is 32.7 Å². The molecule has 35 heavy (non-hydrogen) atoms. The van der Waals surface area contributed by atoms with Crippen LogP contribution in [-0.2, 0) is 0 Å². The molecule has 4 aromatic rings. The number of rotatable bonds is 8. The van der Waals surface area contributed by atoms with Crippen LogP contribution in [0.25, 0.3) is 22.2 Å². The largest absolute Gasteiger partial charge is 0.497 e. The number of nitrogens with one attached hydrogen (secondary N) is 1. The molecule has 0 unspecified atom stereocenters. The highest BCUT2D eigenvalue weighted by molar-refractivity contribution is 6.37. The molecular formula is C26H25Cl2N5O2. The van der Waals surface area contributed by atoms with Crippen LogP contribution in [0.4, 0.5) is 11.6 Å². The molecule has 1 aliphatic heterocycles. The van der Waals surface area contributed by atoms with Gasteiger partial charge >= 0.3 is 0 Å². The van der Waals surface area contributed by atoms with E-state index in [0.29, 0.717) is 39.4 Å². The lowest BCUT2D eigenvalue weighted by atomic mass is 10.0. The molecule has 9 heteroatoms. The van der Waals surface area contributed by atoms with Crippen molar-refractivity contribution in [1.29, 1.82) is 0 Å². The van der Waals surface area contributed by atoms with Crippen molar-refractivity contribution < 1.29 is 9.47 Å². The molecule has 1 aliphatic rings. The zero-order valence-electron chi connectivity index (χ0n) is 19.3. The zero-order chi connectivity index (χ0) is 24.2. The Balaban J connectivity index is 1.28. The van der Waals surface area contributed by atoms with Gasteiger partial charge in [0.1, 0.15) is 23.6 Å². The normalized spacial score (nSPS) is 13.8. The fourth-order valence-electron chi connectivity index (χ4n) is 4.12. The van der Waals surface area contributed by atoms with Gasteiger partial charge < -0.3 is 14.8 Å². The molecule has 0 amide bonds. The number of aromatic nitrogens is 3. The van der Waals surface area contributed by atoms with E-state index in [0.717, 1.165) is 29.1 Å². The summed E-state index contributed by atoms with van der Waals surface area (Å²) in [7, 11) is 1.61. The van der Waals surface area contributed by atoms with Gasteiger partial charge in [-0.15, -0.1) is 10.2 Å². The minimum absolute atomic E-state index is 0.378. The lowest BCUT2D eigenvalue weighted by Crippen LogP contribution is -2.25. The molecule has 1 aromatic heterocycles. The van der Waals surface area contributed by atoms with Crippen LogP contribution in [0.3, 0.4) is 0 Å². The molecule has 2 heterocycles. The third kappa shape index (κ3) is 5.59. The quantitative estimate of drug-likeness (QED) is 0.302. The average Bonchev–Trinajstić information content (AvgIpc) is 3.39. The number of hydrogen-bond acceptors (Lipinski definition) is 7. The highest BCUT2D eigenvalue weighted by Gasteiger charge is 2.14. The second-order valence-electron chi connectivity index (χ2n) is 8.35. The Morgan fingerprint density at radius 2 is 1.60 bits per heavy atom. The number of anilines is 2. The van der Waals surface area contributed by atoms with E-state index < -0.39 is 0 Å². The Bertz CT molecular complexity index is 1330. The predicted octanol–water partition coefficient (Wildman–Crippen LogP) is 6.23. The second-order valence-corrected chi connectivity index (χ2v) is 9.16. The van der Waals surface area contributed by atoms with E-state index >= 15 is 0 Å². The van der Waals surface area contributed by atoms with Crippen LogP contribution in [0.15, 0.2) is 54.6 Å². The summed E-state index contributed by atoms with van der Waals surface area (Å²) in [6, 6.07) is 16.7. The van der Waals surface area contributed by atoms with Gasteiger partial charge in [0.25, 0.3) is 0 Å². The number of hydrogen-bond donors (Lipinski definition) is 1. The van der Waals surface area contributed by atoms with Crippen molar-refractivity contribution in [2.24, 2.45) is 0 Å². The standard InChI is InChI=1S/C26H25Cl2N5O2/c1-34-19-8-9-22(27)20(14-19)21-15-25-24(16-23(21)28)30-26(32-31-25)29-17-4-6-18(7-5-17)35-13-12-33-10-2-3-11-33/h4-9,14-16H,2-3,10-13H2,1H3,(H,29,30,32). The summed E-state index contributed by atoms with van der Waals surface area (Å²) < 4.78 is 11.2. The number of nitrogens with zero attached hydrogens (tertiary/aromatic N) is 4. The molecule has 0 bridgehead atoms. The molecule has 1 N–H and O–H groups in total. The van der Waals surface area contributed by atoms with E-state index in [1.165, 1.54) is 25.9 Å². The van der Waals surface area contributed by atoms with Gasteiger partial charge in [0.15, 0.2) is 0 Å². The van der Waals surface area contributed by atoms with Crippen LogP contribution in [0, 0.1) is 0 Å². The van der Waals surface area contributed by atoms with E-state index in [1.54, 1.807) is 25.3 Å². The van der Waals surface area contributed by atoms with Gasteiger partial charge in [0, 0.05) is 28.4 Å². The average molecular weight is 510 g/mol. The number of fused-ring (bicyclic) bond motifs is 1. The third-order valence-electron chi connectivity index (χ3n) is 5.99. The van der Waals surface area contributed by atoms with Gasteiger partial charge in [-0.1, -0.05) is 23.2 Å². The van der Waals surface area contributed by atoms with Gasteiger partial charge in [-0.25, -0.2) is 4.98 Å². The predicted molar refractivity (Wildman–Crippen MR) is 140 cm³/mol. The van der Waals surface area contributed by atoms with Crippen LogP contribution < -0.4 is 14.8 Å². The monoisotopic (exact) mass is 509 g/mol. The van der Waals surface area contributed by atoms with Gasteiger partial charge in [-0.05, 0) is 80.5 Å². The first-order chi connectivity index (χ1) is 17.1. The lowest BCUT2D eigenvalue weighted by molar-refractivity contribution is 0.238. The van der Waals surface area contributed by atoms with Crippen LogP contribution in [0.2, 0.25) is 10.0 Å². The molecule has 7 nitrogen and oxygen atoms in total.